The molecule has 0 bridgehead atoms. The van der Waals surface area contributed by atoms with Crippen molar-refractivity contribution in [2.45, 2.75) is 39.0 Å². The van der Waals surface area contributed by atoms with Gasteiger partial charge in [-0.15, -0.1) is 0 Å². The molecule has 0 spiro atoms. The van der Waals surface area contributed by atoms with Gasteiger partial charge in [-0.25, -0.2) is 4.57 Å². The summed E-state index contributed by atoms with van der Waals surface area (Å²) in [5.74, 6) is 0.625. The quantitative estimate of drug-likeness (QED) is 0.714. The maximum absolute atomic E-state index is 2.32. The van der Waals surface area contributed by atoms with E-state index in [0.717, 1.165) is 12.8 Å². The minimum absolute atomic E-state index is 0.625. The van der Waals surface area contributed by atoms with Gasteiger partial charge in [-0.1, -0.05) is 38.1 Å². The first-order valence-corrected chi connectivity index (χ1v) is 7.22. The molecule has 1 aromatic carbocycles. The second-order valence-electron chi connectivity index (χ2n) is 5.41. The van der Waals surface area contributed by atoms with E-state index in [1.807, 2.05) is 0 Å². The monoisotopic (exact) mass is 254 g/mol. The van der Waals surface area contributed by atoms with Gasteiger partial charge in [-0.2, -0.15) is 0 Å². The highest BCUT2D eigenvalue weighted by Gasteiger charge is 2.06. The van der Waals surface area contributed by atoms with Crippen LogP contribution in [-0.4, -0.2) is 0 Å². The highest BCUT2D eigenvalue weighted by atomic mass is 14.9. The minimum Gasteiger partial charge on any atom is -0.208 e. The molecule has 2 aromatic rings. The average Bonchev–Trinajstić information content (AvgIpc) is 2.46. The van der Waals surface area contributed by atoms with Gasteiger partial charge in [0.25, 0.3) is 0 Å². The second kappa shape index (κ2) is 6.51. The van der Waals surface area contributed by atoms with Gasteiger partial charge in [-0.3, -0.25) is 0 Å². The zero-order valence-corrected chi connectivity index (χ0v) is 12.3. The zero-order valence-electron chi connectivity index (χ0n) is 12.3. The minimum atomic E-state index is 0.625. The molecule has 1 aromatic heterocycles. The van der Waals surface area contributed by atoms with Crippen molar-refractivity contribution in [2.24, 2.45) is 7.05 Å². The molecule has 1 unspecified atom stereocenters. The van der Waals surface area contributed by atoms with Crippen molar-refractivity contribution in [3.8, 4) is 0 Å². The fourth-order valence-electron chi connectivity index (χ4n) is 2.33. The van der Waals surface area contributed by atoms with E-state index in [0.29, 0.717) is 5.92 Å². The summed E-state index contributed by atoms with van der Waals surface area (Å²) in [6.45, 7) is 4.53. The van der Waals surface area contributed by atoms with Gasteiger partial charge in [0, 0.05) is 12.1 Å². The van der Waals surface area contributed by atoms with Crippen LogP contribution in [0.5, 0.6) is 0 Å². The molecule has 0 saturated heterocycles. The summed E-state index contributed by atoms with van der Waals surface area (Å²) in [7, 11) is 2.06. The molecule has 0 aliphatic carbocycles. The number of pyridine rings is 1. The van der Waals surface area contributed by atoms with Gasteiger partial charge in [0.05, 0.1) is 0 Å². The Morgan fingerprint density at radius 3 is 2.16 bits per heavy atom. The number of hydrogen-bond acceptors (Lipinski definition) is 0. The molecular formula is C18H24N+. The van der Waals surface area contributed by atoms with Crippen molar-refractivity contribution in [3.05, 3.63) is 65.5 Å². The number of nitrogens with zero attached hydrogens (tertiary/aromatic N) is 1. The third-order valence-corrected chi connectivity index (χ3v) is 3.87. The van der Waals surface area contributed by atoms with Crippen molar-refractivity contribution in [1.82, 2.24) is 0 Å². The number of hydrogen-bond donors (Lipinski definition) is 0. The van der Waals surface area contributed by atoms with Crippen LogP contribution in [0.1, 0.15) is 42.9 Å². The molecule has 0 amide bonds. The van der Waals surface area contributed by atoms with Crippen molar-refractivity contribution in [2.75, 3.05) is 0 Å². The van der Waals surface area contributed by atoms with Crippen molar-refractivity contribution in [1.29, 1.82) is 0 Å². The zero-order chi connectivity index (χ0) is 13.7. The predicted molar refractivity (Wildman–Crippen MR) is 80.2 cm³/mol. The molecule has 0 N–H and O–H groups in total. The fraction of sp³-hybridized carbons (Fsp3) is 0.389. The first-order chi connectivity index (χ1) is 9.19. The lowest BCUT2D eigenvalue weighted by atomic mass is 9.93. The standard InChI is InChI=1S/C18H24N/c1-4-16-7-9-18(10-8-16)15(2)5-6-17-11-13-19(3)14-12-17/h7-15H,4-6H2,1-3H3/q+1. The van der Waals surface area contributed by atoms with Crippen LogP contribution < -0.4 is 4.57 Å². The lowest BCUT2D eigenvalue weighted by molar-refractivity contribution is -0.671. The topological polar surface area (TPSA) is 3.88 Å². The van der Waals surface area contributed by atoms with E-state index in [9.17, 15) is 0 Å². The van der Waals surface area contributed by atoms with Gasteiger partial charge >= 0.3 is 0 Å². The Balaban J connectivity index is 1.93. The average molecular weight is 254 g/mol. The van der Waals surface area contributed by atoms with Crippen molar-refractivity contribution in [3.63, 3.8) is 0 Å². The largest absolute Gasteiger partial charge is 0.208 e. The van der Waals surface area contributed by atoms with E-state index >= 15 is 0 Å². The van der Waals surface area contributed by atoms with Crippen LogP contribution in [0, 0.1) is 0 Å². The Bertz CT molecular complexity index is 496. The van der Waals surface area contributed by atoms with Crippen LogP contribution >= 0.6 is 0 Å². The first kappa shape index (κ1) is 13.8. The van der Waals surface area contributed by atoms with E-state index in [1.165, 1.54) is 23.1 Å². The molecule has 0 aliphatic rings. The maximum atomic E-state index is 2.32. The lowest BCUT2D eigenvalue weighted by Gasteiger charge is -2.12. The van der Waals surface area contributed by atoms with Gasteiger partial charge < -0.3 is 0 Å². The predicted octanol–water partition coefficient (Wildman–Crippen LogP) is 3.81. The molecule has 1 heteroatoms. The van der Waals surface area contributed by atoms with E-state index in [4.69, 9.17) is 0 Å². The SMILES string of the molecule is CCc1ccc(C(C)CCc2cc[n+](C)cc2)cc1. The van der Waals surface area contributed by atoms with Gasteiger partial charge in [0.15, 0.2) is 12.4 Å². The summed E-state index contributed by atoms with van der Waals surface area (Å²) in [6, 6.07) is 13.5. The molecular weight excluding hydrogens is 230 g/mol. The van der Waals surface area contributed by atoms with Crippen LogP contribution in [0.3, 0.4) is 0 Å². The summed E-state index contributed by atoms with van der Waals surface area (Å²) in [6.07, 6.45) is 7.72. The van der Waals surface area contributed by atoms with E-state index in [-0.39, 0.29) is 0 Å². The Labute approximate surface area is 116 Å². The summed E-state index contributed by atoms with van der Waals surface area (Å²) in [5.41, 5.74) is 4.31. The molecule has 19 heavy (non-hydrogen) atoms. The van der Waals surface area contributed by atoms with Crippen molar-refractivity contribution >= 4 is 0 Å². The maximum Gasteiger partial charge on any atom is 0.168 e. The second-order valence-corrected chi connectivity index (χ2v) is 5.41. The summed E-state index contributed by atoms with van der Waals surface area (Å²) < 4.78 is 2.08. The summed E-state index contributed by atoms with van der Waals surface area (Å²) >= 11 is 0. The van der Waals surface area contributed by atoms with E-state index in [1.54, 1.807) is 0 Å². The Hall–Kier alpha value is -1.63. The lowest BCUT2D eigenvalue weighted by Crippen LogP contribution is -2.25. The van der Waals surface area contributed by atoms with Crippen LogP contribution in [0.4, 0.5) is 0 Å². The highest BCUT2D eigenvalue weighted by molar-refractivity contribution is 5.25. The van der Waals surface area contributed by atoms with Crippen molar-refractivity contribution < 1.29 is 4.57 Å². The smallest absolute Gasteiger partial charge is 0.168 e. The molecule has 1 nitrogen and oxygen atoms in total. The van der Waals surface area contributed by atoms with Gasteiger partial charge in [-0.05, 0) is 41.9 Å². The number of benzene rings is 1. The number of rotatable bonds is 5. The number of aryl methyl sites for hydroxylation is 3. The van der Waals surface area contributed by atoms with Crippen LogP contribution in [0.25, 0.3) is 0 Å². The normalized spacial score (nSPS) is 12.4. The molecule has 0 saturated carbocycles. The van der Waals surface area contributed by atoms with Crippen LogP contribution in [0.2, 0.25) is 0 Å². The summed E-state index contributed by atoms with van der Waals surface area (Å²) in [4.78, 5) is 0. The van der Waals surface area contributed by atoms with Gasteiger partial charge in [0.1, 0.15) is 7.05 Å². The van der Waals surface area contributed by atoms with Crippen LogP contribution in [-0.2, 0) is 19.9 Å². The molecule has 0 fully saturated rings. The Morgan fingerprint density at radius 2 is 1.58 bits per heavy atom. The fourth-order valence-corrected chi connectivity index (χ4v) is 2.33. The van der Waals surface area contributed by atoms with Gasteiger partial charge in [0.2, 0.25) is 0 Å². The van der Waals surface area contributed by atoms with E-state index in [2.05, 4.69) is 74.3 Å². The molecule has 1 heterocycles. The number of aromatic nitrogens is 1. The van der Waals surface area contributed by atoms with E-state index < -0.39 is 0 Å². The molecule has 0 aliphatic heterocycles. The highest BCUT2D eigenvalue weighted by Crippen LogP contribution is 2.21. The Kier molecular flexibility index (Phi) is 4.73. The molecule has 100 valence electrons. The molecule has 2 rings (SSSR count). The summed E-state index contributed by atoms with van der Waals surface area (Å²) in [5, 5.41) is 0. The third kappa shape index (κ3) is 3.92. The molecule has 1 atom stereocenters. The third-order valence-electron chi connectivity index (χ3n) is 3.87. The first-order valence-electron chi connectivity index (χ1n) is 7.22. The molecule has 0 radical (unpaired) electrons. The van der Waals surface area contributed by atoms with Crippen LogP contribution in [0.15, 0.2) is 48.8 Å². The Morgan fingerprint density at radius 1 is 0.947 bits per heavy atom.